The van der Waals surface area contributed by atoms with Gasteiger partial charge in [0.05, 0.1) is 0 Å². The molecule has 0 radical (unpaired) electrons. The maximum Gasteiger partial charge on any atom is 0.272 e. The van der Waals surface area contributed by atoms with Crippen LogP contribution in [0.15, 0.2) is 12.1 Å². The summed E-state index contributed by atoms with van der Waals surface area (Å²) in [7, 11) is 0. The van der Waals surface area contributed by atoms with Gasteiger partial charge in [-0.2, -0.15) is 0 Å². The van der Waals surface area contributed by atoms with Crippen LogP contribution in [0.4, 0.5) is 0 Å². The molecule has 0 bridgehead atoms. The van der Waals surface area contributed by atoms with Crippen LogP contribution in [0.2, 0.25) is 5.15 Å². The van der Waals surface area contributed by atoms with E-state index in [9.17, 15) is 4.79 Å². The lowest BCUT2D eigenvalue weighted by molar-refractivity contribution is 0.0919. The van der Waals surface area contributed by atoms with Crippen LogP contribution < -0.4 is 5.32 Å². The molecule has 0 spiro atoms. The minimum atomic E-state index is -0.200. The zero-order chi connectivity index (χ0) is 12.8. The molecule has 0 saturated heterocycles. The molecule has 4 nitrogen and oxygen atoms in total. The van der Waals surface area contributed by atoms with Crippen molar-refractivity contribution in [2.24, 2.45) is 5.92 Å². The van der Waals surface area contributed by atoms with Crippen LogP contribution in [0.5, 0.6) is 0 Å². The number of nitrogens with zero attached hydrogens (tertiary/aromatic N) is 2. The van der Waals surface area contributed by atoms with Crippen molar-refractivity contribution >= 4 is 17.5 Å². The van der Waals surface area contributed by atoms with Gasteiger partial charge in [-0.05, 0) is 25.0 Å². The Hall–Kier alpha value is -1.16. The van der Waals surface area contributed by atoms with Crippen molar-refractivity contribution in [1.82, 2.24) is 15.5 Å². The minimum absolute atomic E-state index is 0.134. The van der Waals surface area contributed by atoms with Gasteiger partial charge in [-0.25, -0.2) is 0 Å². The van der Waals surface area contributed by atoms with Crippen LogP contribution in [0.3, 0.4) is 0 Å². The highest BCUT2D eigenvalue weighted by Crippen LogP contribution is 2.13. The number of hydrogen-bond donors (Lipinski definition) is 1. The highest BCUT2D eigenvalue weighted by Gasteiger charge is 2.17. The quantitative estimate of drug-likeness (QED) is 0.880. The Balaban J connectivity index is 2.62. The van der Waals surface area contributed by atoms with Gasteiger partial charge in [0.25, 0.3) is 5.91 Å². The third-order valence-electron chi connectivity index (χ3n) is 2.98. The van der Waals surface area contributed by atoms with E-state index in [1.807, 2.05) is 6.92 Å². The van der Waals surface area contributed by atoms with Gasteiger partial charge < -0.3 is 5.32 Å². The molecule has 0 aliphatic carbocycles. The molecule has 1 aromatic rings. The summed E-state index contributed by atoms with van der Waals surface area (Å²) in [6.45, 7) is 6.26. The fourth-order valence-electron chi connectivity index (χ4n) is 1.83. The summed E-state index contributed by atoms with van der Waals surface area (Å²) in [4.78, 5) is 11.8. The molecule has 1 atom stereocenters. The first-order valence-corrected chi connectivity index (χ1v) is 6.26. The molecule has 1 rings (SSSR count). The van der Waals surface area contributed by atoms with Crippen molar-refractivity contribution < 1.29 is 4.79 Å². The molecule has 1 N–H and O–H groups in total. The highest BCUT2D eigenvalue weighted by atomic mass is 35.5. The van der Waals surface area contributed by atoms with E-state index in [4.69, 9.17) is 11.6 Å². The first-order chi connectivity index (χ1) is 8.08. The van der Waals surface area contributed by atoms with Gasteiger partial charge in [-0.15, -0.1) is 10.2 Å². The molecule has 1 unspecified atom stereocenters. The van der Waals surface area contributed by atoms with E-state index in [0.717, 1.165) is 12.8 Å². The van der Waals surface area contributed by atoms with Crippen molar-refractivity contribution in [2.45, 2.75) is 39.7 Å². The monoisotopic (exact) mass is 255 g/mol. The second kappa shape index (κ2) is 6.55. The van der Waals surface area contributed by atoms with Gasteiger partial charge in [0.1, 0.15) is 0 Å². The summed E-state index contributed by atoms with van der Waals surface area (Å²) < 4.78 is 0. The van der Waals surface area contributed by atoms with Crippen LogP contribution in [0, 0.1) is 5.92 Å². The molecule has 0 aliphatic heterocycles. The zero-order valence-corrected chi connectivity index (χ0v) is 11.2. The van der Waals surface area contributed by atoms with E-state index in [2.05, 4.69) is 29.4 Å². The third kappa shape index (κ3) is 3.97. The normalized spacial score (nSPS) is 12.5. The number of aromatic nitrogens is 2. The predicted molar refractivity (Wildman–Crippen MR) is 68.0 cm³/mol. The van der Waals surface area contributed by atoms with Gasteiger partial charge in [-0.3, -0.25) is 4.79 Å². The standard InChI is InChI=1S/C12H18ClN3O/c1-4-9(5-2)8(3)14-12(17)10-6-7-11(13)16-15-10/h6-9H,4-5H2,1-3H3,(H,14,17). The predicted octanol–water partition coefficient (Wildman–Crippen LogP) is 2.68. The van der Waals surface area contributed by atoms with Crippen molar-refractivity contribution in [3.63, 3.8) is 0 Å². The Morgan fingerprint density at radius 1 is 1.35 bits per heavy atom. The molecule has 1 heterocycles. The summed E-state index contributed by atoms with van der Waals surface area (Å²) in [6, 6.07) is 3.27. The van der Waals surface area contributed by atoms with Gasteiger partial charge in [0, 0.05) is 6.04 Å². The van der Waals surface area contributed by atoms with Gasteiger partial charge in [0.15, 0.2) is 10.8 Å². The van der Waals surface area contributed by atoms with Crippen molar-refractivity contribution in [2.75, 3.05) is 0 Å². The minimum Gasteiger partial charge on any atom is -0.348 e. The van der Waals surface area contributed by atoms with Crippen LogP contribution in [-0.2, 0) is 0 Å². The molecule has 5 heteroatoms. The summed E-state index contributed by atoms with van der Waals surface area (Å²) in [5.74, 6) is 0.285. The molecule has 0 fully saturated rings. The summed E-state index contributed by atoms with van der Waals surface area (Å²) >= 11 is 5.61. The molecule has 1 amide bonds. The summed E-state index contributed by atoms with van der Waals surface area (Å²) in [5.41, 5.74) is 0.298. The Morgan fingerprint density at radius 3 is 2.47 bits per heavy atom. The van der Waals surface area contributed by atoms with E-state index < -0.39 is 0 Å². The first-order valence-electron chi connectivity index (χ1n) is 5.88. The van der Waals surface area contributed by atoms with Crippen molar-refractivity contribution in [1.29, 1.82) is 0 Å². The van der Waals surface area contributed by atoms with E-state index in [0.29, 0.717) is 11.6 Å². The fraction of sp³-hybridized carbons (Fsp3) is 0.583. The average molecular weight is 256 g/mol. The Morgan fingerprint density at radius 2 is 2.00 bits per heavy atom. The van der Waals surface area contributed by atoms with E-state index in [1.54, 1.807) is 12.1 Å². The van der Waals surface area contributed by atoms with Gasteiger partial charge in [0.2, 0.25) is 0 Å². The average Bonchev–Trinajstić information content (AvgIpc) is 2.31. The van der Waals surface area contributed by atoms with Crippen LogP contribution in [0.1, 0.15) is 44.1 Å². The molecule has 1 aromatic heterocycles. The summed E-state index contributed by atoms with van der Waals surface area (Å²) in [5, 5.41) is 10.6. The zero-order valence-electron chi connectivity index (χ0n) is 10.4. The lowest BCUT2D eigenvalue weighted by Gasteiger charge is -2.22. The number of carbonyl (C=O) groups excluding carboxylic acids is 1. The van der Waals surface area contributed by atoms with Crippen LogP contribution in [-0.4, -0.2) is 22.1 Å². The van der Waals surface area contributed by atoms with Crippen LogP contribution >= 0.6 is 11.6 Å². The topological polar surface area (TPSA) is 54.9 Å². The van der Waals surface area contributed by atoms with E-state index in [1.165, 1.54) is 0 Å². The second-order valence-electron chi connectivity index (χ2n) is 4.08. The maximum atomic E-state index is 11.8. The van der Waals surface area contributed by atoms with Crippen LogP contribution in [0.25, 0.3) is 0 Å². The maximum absolute atomic E-state index is 11.8. The number of nitrogens with one attached hydrogen (secondary N) is 1. The SMILES string of the molecule is CCC(CC)C(C)NC(=O)c1ccc(Cl)nn1. The lowest BCUT2D eigenvalue weighted by Crippen LogP contribution is -2.38. The van der Waals surface area contributed by atoms with Gasteiger partial charge in [-0.1, -0.05) is 38.3 Å². The Bertz CT molecular complexity index is 363. The fourth-order valence-corrected chi connectivity index (χ4v) is 1.93. The second-order valence-corrected chi connectivity index (χ2v) is 4.47. The number of hydrogen-bond acceptors (Lipinski definition) is 3. The number of halogens is 1. The largest absolute Gasteiger partial charge is 0.348 e. The number of amides is 1. The Kier molecular flexibility index (Phi) is 5.35. The number of rotatable bonds is 5. The number of carbonyl (C=O) groups is 1. The molecule has 94 valence electrons. The van der Waals surface area contributed by atoms with Gasteiger partial charge >= 0.3 is 0 Å². The van der Waals surface area contributed by atoms with Crippen molar-refractivity contribution in [3.8, 4) is 0 Å². The Labute approximate surface area is 107 Å². The first kappa shape index (κ1) is 13.9. The van der Waals surface area contributed by atoms with Crippen molar-refractivity contribution in [3.05, 3.63) is 23.0 Å². The molecular formula is C12H18ClN3O. The smallest absolute Gasteiger partial charge is 0.272 e. The third-order valence-corrected chi connectivity index (χ3v) is 3.18. The summed E-state index contributed by atoms with van der Waals surface area (Å²) in [6.07, 6.45) is 2.09. The lowest BCUT2D eigenvalue weighted by atomic mass is 9.95. The molecular weight excluding hydrogens is 238 g/mol. The molecule has 17 heavy (non-hydrogen) atoms. The van der Waals surface area contributed by atoms with E-state index in [-0.39, 0.29) is 17.1 Å². The molecule has 0 aromatic carbocycles. The molecule has 0 aliphatic rings. The van der Waals surface area contributed by atoms with E-state index >= 15 is 0 Å². The highest BCUT2D eigenvalue weighted by molar-refractivity contribution is 6.29. The molecule has 0 saturated carbocycles.